The van der Waals surface area contributed by atoms with Gasteiger partial charge in [-0.05, 0) is 31.7 Å². The largest absolute Gasteiger partial charge is 0.490 e. The monoisotopic (exact) mass is 314 g/mol. The number of hydrogen-bond donors (Lipinski definition) is 1. The lowest BCUT2D eigenvalue weighted by Crippen LogP contribution is -2.21. The lowest BCUT2D eigenvalue weighted by molar-refractivity contribution is -0.385. The molecule has 116 valence electrons. The Balaban J connectivity index is 2.28. The van der Waals surface area contributed by atoms with Crippen LogP contribution in [0.5, 0.6) is 5.75 Å². The average Bonchev–Trinajstić information content (AvgIpc) is 2.40. The smallest absolute Gasteiger partial charge is 0.273 e. The van der Waals surface area contributed by atoms with Crippen LogP contribution in [0.1, 0.15) is 37.7 Å². The standard InChI is InChI=1S/C13H18N2O5S/c14-21(18,19)9-10-6-7-11(15(16)17)8-13(10)20-12-4-2-1-3-5-12/h6-8,12H,1-5,9H2,(H2,14,18,19). The number of nitrogens with zero attached hydrogens (tertiary/aromatic N) is 1. The normalized spacial score (nSPS) is 16.6. The Hall–Kier alpha value is -1.67. The Kier molecular flexibility index (Phi) is 4.79. The summed E-state index contributed by atoms with van der Waals surface area (Å²) >= 11 is 0. The quantitative estimate of drug-likeness (QED) is 0.660. The molecule has 7 nitrogen and oxygen atoms in total. The summed E-state index contributed by atoms with van der Waals surface area (Å²) in [5.74, 6) is -0.155. The zero-order valence-electron chi connectivity index (χ0n) is 11.5. The molecule has 2 N–H and O–H groups in total. The summed E-state index contributed by atoms with van der Waals surface area (Å²) in [5, 5.41) is 15.9. The van der Waals surface area contributed by atoms with E-state index in [0.717, 1.165) is 32.1 Å². The highest BCUT2D eigenvalue weighted by Gasteiger charge is 2.20. The summed E-state index contributed by atoms with van der Waals surface area (Å²) in [6.07, 6.45) is 4.96. The summed E-state index contributed by atoms with van der Waals surface area (Å²) in [4.78, 5) is 10.3. The fourth-order valence-corrected chi connectivity index (χ4v) is 3.14. The Labute approximate surface area is 123 Å². The fourth-order valence-electron chi connectivity index (χ4n) is 2.47. The molecule has 2 rings (SSSR count). The van der Waals surface area contributed by atoms with Gasteiger partial charge in [0.05, 0.1) is 22.8 Å². The van der Waals surface area contributed by atoms with Gasteiger partial charge in [-0.1, -0.05) is 6.42 Å². The molecule has 0 radical (unpaired) electrons. The summed E-state index contributed by atoms with van der Waals surface area (Å²) in [6, 6.07) is 3.92. The van der Waals surface area contributed by atoms with E-state index in [0.29, 0.717) is 5.56 Å². The van der Waals surface area contributed by atoms with E-state index in [1.54, 1.807) is 0 Å². The van der Waals surface area contributed by atoms with Crippen molar-refractivity contribution in [1.82, 2.24) is 0 Å². The van der Waals surface area contributed by atoms with Crippen LogP contribution in [0.4, 0.5) is 5.69 Å². The molecule has 0 atom stereocenters. The van der Waals surface area contributed by atoms with Crippen LogP contribution in [0.25, 0.3) is 0 Å². The predicted octanol–water partition coefficient (Wildman–Crippen LogP) is 2.09. The zero-order chi connectivity index (χ0) is 15.5. The van der Waals surface area contributed by atoms with Crippen molar-refractivity contribution in [2.24, 2.45) is 5.14 Å². The molecule has 1 aromatic rings. The molecular weight excluding hydrogens is 296 g/mol. The van der Waals surface area contributed by atoms with Crippen LogP contribution < -0.4 is 9.88 Å². The van der Waals surface area contributed by atoms with Gasteiger partial charge in [-0.15, -0.1) is 0 Å². The van der Waals surface area contributed by atoms with E-state index in [-0.39, 0.29) is 17.5 Å². The van der Waals surface area contributed by atoms with E-state index in [1.165, 1.54) is 18.2 Å². The van der Waals surface area contributed by atoms with Crippen LogP contribution in [-0.2, 0) is 15.8 Å². The molecule has 0 saturated heterocycles. The van der Waals surface area contributed by atoms with Gasteiger partial charge in [0.15, 0.2) is 0 Å². The molecule has 1 saturated carbocycles. The van der Waals surface area contributed by atoms with Gasteiger partial charge < -0.3 is 4.74 Å². The van der Waals surface area contributed by atoms with Crippen LogP contribution in [-0.4, -0.2) is 19.4 Å². The number of nitrogens with two attached hydrogens (primary N) is 1. The highest BCUT2D eigenvalue weighted by Crippen LogP contribution is 2.30. The minimum atomic E-state index is -3.72. The number of ether oxygens (including phenoxy) is 1. The van der Waals surface area contributed by atoms with Crippen LogP contribution in [0.2, 0.25) is 0 Å². The Morgan fingerprint density at radius 2 is 1.95 bits per heavy atom. The van der Waals surface area contributed by atoms with Crippen molar-refractivity contribution in [3.63, 3.8) is 0 Å². The Morgan fingerprint density at radius 3 is 2.52 bits per heavy atom. The van der Waals surface area contributed by atoms with Gasteiger partial charge >= 0.3 is 0 Å². The summed E-state index contributed by atoms with van der Waals surface area (Å²) in [7, 11) is -3.72. The molecular formula is C13H18N2O5S. The fraction of sp³-hybridized carbons (Fsp3) is 0.538. The molecule has 0 amide bonds. The van der Waals surface area contributed by atoms with Crippen LogP contribution >= 0.6 is 0 Å². The first kappa shape index (κ1) is 15.7. The maximum Gasteiger partial charge on any atom is 0.273 e. The van der Waals surface area contributed by atoms with E-state index in [4.69, 9.17) is 9.88 Å². The molecule has 0 spiro atoms. The number of benzene rings is 1. The summed E-state index contributed by atoms with van der Waals surface area (Å²) < 4.78 is 28.3. The zero-order valence-corrected chi connectivity index (χ0v) is 12.3. The first-order valence-corrected chi connectivity index (χ1v) is 8.51. The van der Waals surface area contributed by atoms with E-state index < -0.39 is 20.7 Å². The number of sulfonamides is 1. The molecule has 21 heavy (non-hydrogen) atoms. The van der Waals surface area contributed by atoms with Crippen molar-refractivity contribution in [2.45, 2.75) is 44.0 Å². The van der Waals surface area contributed by atoms with Gasteiger partial charge in [-0.2, -0.15) is 0 Å². The predicted molar refractivity (Wildman–Crippen MR) is 77.4 cm³/mol. The van der Waals surface area contributed by atoms with Crippen molar-refractivity contribution in [3.05, 3.63) is 33.9 Å². The van der Waals surface area contributed by atoms with Gasteiger partial charge in [0.1, 0.15) is 5.75 Å². The van der Waals surface area contributed by atoms with Gasteiger partial charge in [-0.25, -0.2) is 13.6 Å². The first-order chi connectivity index (χ1) is 9.85. The molecule has 0 aliphatic heterocycles. The highest BCUT2D eigenvalue weighted by molar-refractivity contribution is 7.88. The second-order valence-electron chi connectivity index (χ2n) is 5.23. The van der Waals surface area contributed by atoms with E-state index in [2.05, 4.69) is 0 Å². The van der Waals surface area contributed by atoms with E-state index in [9.17, 15) is 18.5 Å². The van der Waals surface area contributed by atoms with Crippen molar-refractivity contribution in [1.29, 1.82) is 0 Å². The van der Waals surface area contributed by atoms with Gasteiger partial charge in [-0.3, -0.25) is 10.1 Å². The van der Waals surface area contributed by atoms with Crippen molar-refractivity contribution in [3.8, 4) is 5.75 Å². The molecule has 8 heteroatoms. The lowest BCUT2D eigenvalue weighted by atomic mass is 9.97. The number of nitro groups is 1. The minimum Gasteiger partial charge on any atom is -0.490 e. The molecule has 0 bridgehead atoms. The molecule has 0 heterocycles. The second-order valence-corrected chi connectivity index (χ2v) is 6.85. The SMILES string of the molecule is NS(=O)(=O)Cc1ccc([N+](=O)[O-])cc1OC1CCCCC1. The number of hydrogen-bond acceptors (Lipinski definition) is 5. The van der Waals surface area contributed by atoms with Crippen LogP contribution in [0.15, 0.2) is 18.2 Å². The summed E-state index contributed by atoms with van der Waals surface area (Å²) in [6.45, 7) is 0. The third-order valence-corrected chi connectivity index (χ3v) is 4.18. The van der Waals surface area contributed by atoms with Gasteiger partial charge in [0.2, 0.25) is 10.0 Å². The van der Waals surface area contributed by atoms with Crippen LogP contribution in [0.3, 0.4) is 0 Å². The molecule has 1 aromatic carbocycles. The van der Waals surface area contributed by atoms with Gasteiger partial charge in [0, 0.05) is 11.6 Å². The number of rotatable bonds is 5. The van der Waals surface area contributed by atoms with Crippen LogP contribution in [0, 0.1) is 10.1 Å². The average molecular weight is 314 g/mol. The first-order valence-electron chi connectivity index (χ1n) is 6.79. The Morgan fingerprint density at radius 1 is 1.29 bits per heavy atom. The molecule has 1 aliphatic carbocycles. The third-order valence-electron chi connectivity index (χ3n) is 3.46. The number of non-ortho nitro benzene ring substituents is 1. The molecule has 1 aliphatic rings. The maximum atomic E-state index is 11.3. The highest BCUT2D eigenvalue weighted by atomic mass is 32.2. The van der Waals surface area contributed by atoms with Crippen molar-refractivity contribution < 1.29 is 18.1 Å². The van der Waals surface area contributed by atoms with Crippen molar-refractivity contribution >= 4 is 15.7 Å². The lowest BCUT2D eigenvalue weighted by Gasteiger charge is -2.24. The molecule has 1 fully saturated rings. The molecule has 0 aromatic heterocycles. The van der Waals surface area contributed by atoms with E-state index in [1.807, 2.05) is 0 Å². The minimum absolute atomic E-state index is 0.0278. The number of primary sulfonamides is 1. The number of nitro benzene ring substituents is 1. The molecule has 0 unspecified atom stereocenters. The van der Waals surface area contributed by atoms with E-state index >= 15 is 0 Å². The third kappa shape index (κ3) is 4.68. The van der Waals surface area contributed by atoms with Crippen molar-refractivity contribution in [2.75, 3.05) is 0 Å². The topological polar surface area (TPSA) is 113 Å². The second kappa shape index (κ2) is 6.40. The maximum absolute atomic E-state index is 11.3. The van der Waals surface area contributed by atoms with Gasteiger partial charge in [0.25, 0.3) is 5.69 Å². The Bertz CT molecular complexity index is 623. The summed E-state index contributed by atoms with van der Waals surface area (Å²) in [5.41, 5.74) is 0.229.